The molecule has 2 unspecified atom stereocenters. The summed E-state index contributed by atoms with van der Waals surface area (Å²) in [7, 11) is 1.68. The van der Waals surface area contributed by atoms with Crippen molar-refractivity contribution in [3.8, 4) is 0 Å². The molecule has 2 fully saturated rings. The molecule has 2 aliphatic rings. The molecule has 4 nitrogen and oxygen atoms in total. The van der Waals surface area contributed by atoms with Gasteiger partial charge in [0.15, 0.2) is 0 Å². The lowest BCUT2D eigenvalue weighted by Gasteiger charge is -2.13. The van der Waals surface area contributed by atoms with Crippen molar-refractivity contribution >= 4 is 5.97 Å². The minimum Gasteiger partial charge on any atom is -0.464 e. The van der Waals surface area contributed by atoms with Gasteiger partial charge in [0.05, 0.1) is 12.7 Å². The van der Waals surface area contributed by atoms with Gasteiger partial charge in [0.2, 0.25) is 0 Å². The molecule has 16 heavy (non-hydrogen) atoms. The highest BCUT2D eigenvalue weighted by Crippen LogP contribution is 2.25. The predicted octanol–water partition coefficient (Wildman–Crippen LogP) is 1.10. The molecule has 0 amide bonds. The van der Waals surface area contributed by atoms with Gasteiger partial charge in [-0.2, -0.15) is 0 Å². The van der Waals surface area contributed by atoms with Gasteiger partial charge in [0.25, 0.3) is 0 Å². The van der Waals surface area contributed by atoms with Gasteiger partial charge in [-0.05, 0) is 18.8 Å². The van der Waals surface area contributed by atoms with Crippen molar-refractivity contribution in [3.63, 3.8) is 0 Å². The lowest BCUT2D eigenvalue weighted by atomic mass is 10.1. The van der Waals surface area contributed by atoms with Crippen molar-refractivity contribution in [2.45, 2.75) is 44.2 Å². The second-order valence-corrected chi connectivity index (χ2v) is 4.83. The van der Waals surface area contributed by atoms with E-state index in [0.29, 0.717) is 12.5 Å². The Balaban J connectivity index is 1.67. The highest BCUT2D eigenvalue weighted by atomic mass is 16.5. The van der Waals surface area contributed by atoms with Crippen LogP contribution in [-0.4, -0.2) is 38.4 Å². The van der Waals surface area contributed by atoms with Crippen LogP contribution >= 0.6 is 0 Å². The maximum Gasteiger partial charge on any atom is 0.323 e. The Labute approximate surface area is 96.7 Å². The molecule has 1 aliphatic carbocycles. The van der Waals surface area contributed by atoms with Crippen LogP contribution in [-0.2, 0) is 14.3 Å². The van der Waals surface area contributed by atoms with Gasteiger partial charge in [0, 0.05) is 20.1 Å². The van der Waals surface area contributed by atoms with E-state index in [-0.39, 0.29) is 18.1 Å². The Morgan fingerprint density at radius 3 is 2.75 bits per heavy atom. The molecule has 1 N–H and O–H groups in total. The Kier molecular flexibility index (Phi) is 4.18. The van der Waals surface area contributed by atoms with E-state index >= 15 is 0 Å². The quantitative estimate of drug-likeness (QED) is 0.731. The minimum absolute atomic E-state index is 0.105. The highest BCUT2D eigenvalue weighted by molar-refractivity contribution is 5.76. The summed E-state index contributed by atoms with van der Waals surface area (Å²) in [5.74, 6) is 0.495. The monoisotopic (exact) mass is 227 g/mol. The van der Waals surface area contributed by atoms with Crippen LogP contribution in [0.5, 0.6) is 0 Å². The van der Waals surface area contributed by atoms with Gasteiger partial charge in [-0.3, -0.25) is 4.79 Å². The van der Waals surface area contributed by atoms with Gasteiger partial charge in [-0.15, -0.1) is 0 Å². The zero-order valence-corrected chi connectivity index (χ0v) is 9.91. The van der Waals surface area contributed by atoms with Crippen LogP contribution in [0.1, 0.15) is 32.1 Å². The molecular weight excluding hydrogens is 206 g/mol. The molecule has 2 rings (SSSR count). The number of carbonyl (C=O) groups excluding carboxylic acids is 1. The van der Waals surface area contributed by atoms with Gasteiger partial charge < -0.3 is 14.8 Å². The van der Waals surface area contributed by atoms with E-state index in [0.717, 1.165) is 13.0 Å². The van der Waals surface area contributed by atoms with Crippen LogP contribution in [0.2, 0.25) is 0 Å². The summed E-state index contributed by atoms with van der Waals surface area (Å²) in [6.07, 6.45) is 5.90. The number of hydrogen-bond acceptors (Lipinski definition) is 4. The summed E-state index contributed by atoms with van der Waals surface area (Å²) in [5.41, 5.74) is 0. The van der Waals surface area contributed by atoms with Gasteiger partial charge >= 0.3 is 5.97 Å². The second-order valence-electron chi connectivity index (χ2n) is 4.83. The molecule has 0 radical (unpaired) electrons. The maximum absolute atomic E-state index is 11.7. The molecule has 0 aromatic heterocycles. The SMILES string of the molecule is COC1CNC(C(=O)OCC2CCCC2)C1. The Morgan fingerprint density at radius 1 is 1.38 bits per heavy atom. The first kappa shape index (κ1) is 11.9. The molecule has 1 saturated heterocycles. The fraction of sp³-hybridized carbons (Fsp3) is 0.917. The van der Waals surface area contributed by atoms with E-state index in [1.807, 2.05) is 0 Å². The van der Waals surface area contributed by atoms with Crippen molar-refractivity contribution < 1.29 is 14.3 Å². The third-order valence-corrected chi connectivity index (χ3v) is 3.64. The fourth-order valence-electron chi connectivity index (χ4n) is 2.54. The third-order valence-electron chi connectivity index (χ3n) is 3.64. The highest BCUT2D eigenvalue weighted by Gasteiger charge is 2.31. The van der Waals surface area contributed by atoms with Gasteiger partial charge in [0.1, 0.15) is 6.04 Å². The second kappa shape index (κ2) is 5.64. The Hall–Kier alpha value is -0.610. The van der Waals surface area contributed by atoms with E-state index in [4.69, 9.17) is 9.47 Å². The van der Waals surface area contributed by atoms with Crippen LogP contribution in [0.15, 0.2) is 0 Å². The summed E-state index contributed by atoms with van der Waals surface area (Å²) >= 11 is 0. The van der Waals surface area contributed by atoms with Crippen molar-refractivity contribution in [1.29, 1.82) is 0 Å². The zero-order valence-electron chi connectivity index (χ0n) is 9.91. The first-order valence-corrected chi connectivity index (χ1v) is 6.22. The average Bonchev–Trinajstić information content (AvgIpc) is 2.96. The molecule has 0 aromatic carbocycles. The summed E-state index contributed by atoms with van der Waals surface area (Å²) in [5, 5.41) is 3.13. The normalized spacial score (nSPS) is 30.8. The van der Waals surface area contributed by atoms with Crippen molar-refractivity contribution in [1.82, 2.24) is 5.32 Å². The van der Waals surface area contributed by atoms with Crippen LogP contribution in [0.4, 0.5) is 0 Å². The first-order valence-electron chi connectivity index (χ1n) is 6.22. The number of methoxy groups -OCH3 is 1. The topological polar surface area (TPSA) is 47.6 Å². The molecule has 0 aromatic rings. The van der Waals surface area contributed by atoms with Gasteiger partial charge in [-0.1, -0.05) is 12.8 Å². The Bertz CT molecular complexity index is 238. The fourth-order valence-corrected chi connectivity index (χ4v) is 2.54. The van der Waals surface area contributed by atoms with E-state index in [1.165, 1.54) is 25.7 Å². The van der Waals surface area contributed by atoms with E-state index in [2.05, 4.69) is 5.32 Å². The lowest BCUT2D eigenvalue weighted by Crippen LogP contribution is -2.33. The number of hydrogen-bond donors (Lipinski definition) is 1. The molecule has 1 saturated carbocycles. The molecule has 2 atom stereocenters. The summed E-state index contributed by atoms with van der Waals surface area (Å²) < 4.78 is 10.5. The number of rotatable bonds is 4. The standard InChI is InChI=1S/C12H21NO3/c1-15-10-6-11(13-7-10)12(14)16-8-9-4-2-3-5-9/h9-11,13H,2-8H2,1H3. The molecule has 4 heteroatoms. The minimum atomic E-state index is -0.161. The molecule has 0 bridgehead atoms. The average molecular weight is 227 g/mol. The number of nitrogens with one attached hydrogen (secondary N) is 1. The number of ether oxygens (including phenoxy) is 2. The first-order chi connectivity index (χ1) is 7.79. The van der Waals surface area contributed by atoms with Crippen LogP contribution in [0, 0.1) is 5.92 Å². The van der Waals surface area contributed by atoms with Crippen LogP contribution < -0.4 is 5.32 Å². The largest absolute Gasteiger partial charge is 0.464 e. The smallest absolute Gasteiger partial charge is 0.323 e. The zero-order chi connectivity index (χ0) is 11.4. The summed E-state index contributed by atoms with van der Waals surface area (Å²) in [4.78, 5) is 11.7. The Morgan fingerprint density at radius 2 is 2.12 bits per heavy atom. The van der Waals surface area contributed by atoms with E-state index in [9.17, 15) is 4.79 Å². The van der Waals surface area contributed by atoms with Crippen molar-refractivity contribution in [2.24, 2.45) is 5.92 Å². The molecule has 92 valence electrons. The van der Waals surface area contributed by atoms with Crippen LogP contribution in [0.25, 0.3) is 0 Å². The summed E-state index contributed by atoms with van der Waals surface area (Å²) in [6.45, 7) is 1.36. The maximum atomic E-state index is 11.7. The molecular formula is C12H21NO3. The third kappa shape index (κ3) is 2.95. The number of esters is 1. The van der Waals surface area contributed by atoms with Gasteiger partial charge in [-0.25, -0.2) is 0 Å². The molecule has 0 spiro atoms. The van der Waals surface area contributed by atoms with E-state index < -0.39 is 0 Å². The molecule has 1 heterocycles. The van der Waals surface area contributed by atoms with Crippen LogP contribution in [0.3, 0.4) is 0 Å². The molecule has 1 aliphatic heterocycles. The summed E-state index contributed by atoms with van der Waals surface area (Å²) in [6, 6.07) is -0.161. The van der Waals surface area contributed by atoms with E-state index in [1.54, 1.807) is 7.11 Å². The van der Waals surface area contributed by atoms with Crippen molar-refractivity contribution in [3.05, 3.63) is 0 Å². The lowest BCUT2D eigenvalue weighted by molar-refractivity contribution is -0.147. The number of carbonyl (C=O) groups is 1. The van der Waals surface area contributed by atoms with Crippen molar-refractivity contribution in [2.75, 3.05) is 20.3 Å². The predicted molar refractivity (Wildman–Crippen MR) is 60.1 cm³/mol.